The number of benzene rings is 2. The lowest BCUT2D eigenvalue weighted by Gasteiger charge is -2.15. The van der Waals surface area contributed by atoms with Crippen LogP contribution in [0.1, 0.15) is 15.9 Å². The van der Waals surface area contributed by atoms with E-state index in [1.165, 1.54) is 34.5 Å². The minimum atomic E-state index is -0.332. The van der Waals surface area contributed by atoms with E-state index in [1.54, 1.807) is 43.5 Å². The average molecular weight is 448 g/mol. The number of hydrogen-bond donors (Lipinski definition) is 0. The Hall–Kier alpha value is -3.27. The molecule has 0 fully saturated rings. The largest absolute Gasteiger partial charge is 0.496 e. The normalized spacial score (nSPS) is 10.8. The van der Waals surface area contributed by atoms with E-state index < -0.39 is 0 Å². The van der Waals surface area contributed by atoms with Crippen LogP contribution in [-0.4, -0.2) is 61.7 Å². The summed E-state index contributed by atoms with van der Waals surface area (Å²) < 4.78 is 42.1. The molecule has 0 N–H and O–H groups in total. The number of methoxy groups -OCH3 is 5. The first-order chi connectivity index (χ1) is 15.6. The molecule has 0 aliphatic heterocycles. The van der Waals surface area contributed by atoms with Crippen molar-refractivity contribution in [2.45, 2.75) is 0 Å². The van der Waals surface area contributed by atoms with Crippen LogP contribution >= 0.6 is 0 Å². The van der Waals surface area contributed by atoms with Gasteiger partial charge in [-0.15, -0.1) is 0 Å². The fourth-order valence-electron chi connectivity index (χ4n) is 2.70. The molecule has 2 rings (SSSR count). The fourth-order valence-corrected chi connectivity index (χ4v) is 2.70. The Balaban J connectivity index is 2.35. The summed E-state index contributed by atoms with van der Waals surface area (Å²) in [5.41, 5.74) is 0.957. The number of carbonyl (C=O) groups is 1. The summed E-state index contributed by atoms with van der Waals surface area (Å²) in [6, 6.07) is 8.44. The molecule has 32 heavy (non-hydrogen) atoms. The maximum absolute atomic E-state index is 13.1. The molecule has 174 valence electrons. The second-order valence-electron chi connectivity index (χ2n) is 6.26. The number of ether oxygens (including phenoxy) is 8. The van der Waals surface area contributed by atoms with Crippen molar-refractivity contribution in [3.05, 3.63) is 47.5 Å². The molecule has 0 aliphatic carbocycles. The molecule has 9 heteroatoms. The molecule has 0 spiro atoms. The minimum absolute atomic E-state index is 0.0328. The first-order valence-electron chi connectivity index (χ1n) is 9.55. The van der Waals surface area contributed by atoms with Crippen LogP contribution < -0.4 is 23.7 Å². The number of ketones is 1. The molecule has 0 saturated carbocycles. The predicted octanol–water partition coefficient (Wildman–Crippen LogP) is 3.55. The van der Waals surface area contributed by atoms with E-state index in [0.717, 1.165) is 5.56 Å². The Morgan fingerprint density at radius 1 is 0.719 bits per heavy atom. The molecular weight excluding hydrogens is 420 g/mol. The van der Waals surface area contributed by atoms with Crippen LogP contribution in [0.25, 0.3) is 6.08 Å². The zero-order valence-corrected chi connectivity index (χ0v) is 18.8. The van der Waals surface area contributed by atoms with Gasteiger partial charge >= 0.3 is 0 Å². The topological polar surface area (TPSA) is 90.9 Å². The molecule has 2 aromatic carbocycles. The van der Waals surface area contributed by atoms with Gasteiger partial charge in [-0.25, -0.2) is 0 Å². The Bertz CT molecular complexity index is 909. The molecular formula is C23H28O9. The standard InChI is InChI=1S/C23H28O9/c1-25-13-30-17-11-21(29-5)23(22(12-17)32-15-27-3)18(24)8-6-16-7-9-19(28-4)20(10-16)31-14-26-2/h6-12H,13-15H2,1-5H3. The summed E-state index contributed by atoms with van der Waals surface area (Å²) >= 11 is 0. The van der Waals surface area contributed by atoms with Gasteiger partial charge in [0.15, 0.2) is 37.7 Å². The van der Waals surface area contributed by atoms with E-state index in [1.807, 2.05) is 0 Å². The highest BCUT2D eigenvalue weighted by Gasteiger charge is 2.19. The van der Waals surface area contributed by atoms with Crippen LogP contribution in [0.4, 0.5) is 0 Å². The highest BCUT2D eigenvalue weighted by atomic mass is 16.7. The monoisotopic (exact) mass is 448 g/mol. The highest BCUT2D eigenvalue weighted by Crippen LogP contribution is 2.35. The van der Waals surface area contributed by atoms with Gasteiger partial charge in [-0.1, -0.05) is 12.1 Å². The molecule has 2 aromatic rings. The zero-order chi connectivity index (χ0) is 23.3. The van der Waals surface area contributed by atoms with E-state index >= 15 is 0 Å². The van der Waals surface area contributed by atoms with Gasteiger partial charge in [-0.05, 0) is 23.8 Å². The quantitative estimate of drug-likeness (QED) is 0.244. The van der Waals surface area contributed by atoms with Crippen molar-refractivity contribution in [3.8, 4) is 28.7 Å². The van der Waals surface area contributed by atoms with Crippen molar-refractivity contribution >= 4 is 11.9 Å². The number of allylic oxidation sites excluding steroid dienone is 1. The van der Waals surface area contributed by atoms with Gasteiger partial charge in [0, 0.05) is 33.5 Å². The molecule has 0 bridgehead atoms. The summed E-state index contributed by atoms with van der Waals surface area (Å²) in [5.74, 6) is 1.68. The lowest BCUT2D eigenvalue weighted by molar-refractivity contribution is 0.0453. The van der Waals surface area contributed by atoms with Crippen LogP contribution in [0.3, 0.4) is 0 Å². The minimum Gasteiger partial charge on any atom is -0.496 e. The molecule has 0 atom stereocenters. The van der Waals surface area contributed by atoms with E-state index in [9.17, 15) is 4.79 Å². The zero-order valence-electron chi connectivity index (χ0n) is 18.8. The van der Waals surface area contributed by atoms with Gasteiger partial charge in [-0.2, -0.15) is 0 Å². The van der Waals surface area contributed by atoms with Gasteiger partial charge in [0.05, 0.1) is 14.2 Å². The lowest BCUT2D eigenvalue weighted by Crippen LogP contribution is -2.08. The van der Waals surface area contributed by atoms with Gasteiger partial charge in [0.2, 0.25) is 0 Å². The summed E-state index contributed by atoms with van der Waals surface area (Å²) in [7, 11) is 7.52. The van der Waals surface area contributed by atoms with E-state index in [-0.39, 0.29) is 37.5 Å². The van der Waals surface area contributed by atoms with Crippen LogP contribution in [0.2, 0.25) is 0 Å². The van der Waals surface area contributed by atoms with E-state index in [4.69, 9.17) is 37.9 Å². The fraction of sp³-hybridized carbons (Fsp3) is 0.348. The van der Waals surface area contributed by atoms with Gasteiger partial charge in [0.1, 0.15) is 22.8 Å². The van der Waals surface area contributed by atoms with Crippen LogP contribution in [0, 0.1) is 0 Å². The predicted molar refractivity (Wildman–Crippen MR) is 117 cm³/mol. The van der Waals surface area contributed by atoms with Crippen molar-refractivity contribution in [3.63, 3.8) is 0 Å². The summed E-state index contributed by atoms with van der Waals surface area (Å²) in [6.07, 6.45) is 3.06. The second-order valence-corrected chi connectivity index (χ2v) is 6.26. The number of hydrogen-bond acceptors (Lipinski definition) is 9. The Morgan fingerprint density at radius 2 is 1.31 bits per heavy atom. The van der Waals surface area contributed by atoms with Crippen LogP contribution in [-0.2, 0) is 14.2 Å². The van der Waals surface area contributed by atoms with E-state index in [0.29, 0.717) is 23.0 Å². The average Bonchev–Trinajstić information content (AvgIpc) is 2.82. The number of rotatable bonds is 14. The second kappa shape index (κ2) is 13.2. The first kappa shape index (κ1) is 25.0. The molecule has 0 aliphatic rings. The molecule has 0 amide bonds. The third-order valence-electron chi connectivity index (χ3n) is 4.13. The molecule has 0 aromatic heterocycles. The molecule has 0 radical (unpaired) electrons. The number of carbonyl (C=O) groups excluding carboxylic acids is 1. The lowest BCUT2D eigenvalue weighted by atomic mass is 10.1. The summed E-state index contributed by atoms with van der Waals surface area (Å²) in [6.45, 7) is 0.0436. The van der Waals surface area contributed by atoms with E-state index in [2.05, 4.69) is 0 Å². The van der Waals surface area contributed by atoms with Crippen LogP contribution in [0.15, 0.2) is 36.4 Å². The smallest absolute Gasteiger partial charge is 0.193 e. The van der Waals surface area contributed by atoms with Crippen molar-refractivity contribution < 1.29 is 42.7 Å². The van der Waals surface area contributed by atoms with Crippen molar-refractivity contribution in [2.75, 3.05) is 55.9 Å². The first-order valence-corrected chi connectivity index (χ1v) is 9.55. The summed E-state index contributed by atoms with van der Waals surface area (Å²) in [4.78, 5) is 13.1. The molecule has 0 heterocycles. The van der Waals surface area contributed by atoms with Crippen molar-refractivity contribution in [1.29, 1.82) is 0 Å². The molecule has 0 unspecified atom stereocenters. The van der Waals surface area contributed by atoms with Gasteiger partial charge < -0.3 is 37.9 Å². The third-order valence-corrected chi connectivity index (χ3v) is 4.13. The maximum atomic E-state index is 13.1. The maximum Gasteiger partial charge on any atom is 0.193 e. The third kappa shape index (κ3) is 6.88. The van der Waals surface area contributed by atoms with Crippen LogP contribution in [0.5, 0.6) is 28.7 Å². The summed E-state index contributed by atoms with van der Waals surface area (Å²) in [5, 5.41) is 0. The molecule has 0 saturated heterocycles. The molecule has 9 nitrogen and oxygen atoms in total. The Morgan fingerprint density at radius 3 is 1.94 bits per heavy atom. The van der Waals surface area contributed by atoms with Gasteiger partial charge in [0.25, 0.3) is 0 Å². The SMILES string of the molecule is COCOc1cc(OC)c(C(=O)C=Cc2ccc(OC)c(OCOC)c2)c(OCOC)c1. The van der Waals surface area contributed by atoms with Gasteiger partial charge in [-0.3, -0.25) is 4.79 Å². The Kier molecular flexibility index (Phi) is 10.3. The Labute approximate surface area is 187 Å². The highest BCUT2D eigenvalue weighted by molar-refractivity contribution is 6.10. The van der Waals surface area contributed by atoms with Crippen molar-refractivity contribution in [2.24, 2.45) is 0 Å². The van der Waals surface area contributed by atoms with Crippen molar-refractivity contribution in [1.82, 2.24) is 0 Å².